The lowest BCUT2D eigenvalue weighted by molar-refractivity contribution is 0.0717. The van der Waals surface area contributed by atoms with Gasteiger partial charge in [-0.1, -0.05) is 0 Å². The Morgan fingerprint density at radius 3 is 2.65 bits per heavy atom. The summed E-state index contributed by atoms with van der Waals surface area (Å²) in [5.41, 5.74) is 1.26. The number of rotatable bonds is 7. The van der Waals surface area contributed by atoms with Gasteiger partial charge < -0.3 is 14.8 Å². The molecule has 2 aromatic rings. The molecule has 110 valence electrons. The first-order chi connectivity index (χ1) is 9.67. The van der Waals surface area contributed by atoms with Crippen LogP contribution in [0.4, 0.5) is 5.82 Å². The molecule has 0 aliphatic rings. The van der Waals surface area contributed by atoms with Crippen LogP contribution in [0, 0.1) is 13.8 Å². The van der Waals surface area contributed by atoms with E-state index in [1.165, 1.54) is 10.4 Å². The van der Waals surface area contributed by atoms with E-state index >= 15 is 0 Å². The minimum absolute atomic E-state index is 0.606. The van der Waals surface area contributed by atoms with E-state index in [0.717, 1.165) is 21.9 Å². The number of fused-ring (bicyclic) bond motifs is 1. The average Bonchev–Trinajstić information content (AvgIpc) is 2.73. The Kier molecular flexibility index (Phi) is 5.28. The number of anilines is 1. The maximum absolute atomic E-state index is 5.47. The van der Waals surface area contributed by atoms with Crippen molar-refractivity contribution in [3.63, 3.8) is 0 Å². The Bertz CT molecular complexity index is 583. The highest BCUT2D eigenvalue weighted by Crippen LogP contribution is 2.32. The van der Waals surface area contributed by atoms with Gasteiger partial charge in [-0.2, -0.15) is 0 Å². The van der Waals surface area contributed by atoms with Gasteiger partial charge in [0.1, 0.15) is 16.5 Å². The van der Waals surface area contributed by atoms with Gasteiger partial charge >= 0.3 is 0 Å². The van der Waals surface area contributed by atoms with Gasteiger partial charge in [0.05, 0.1) is 25.2 Å². The molecule has 0 amide bonds. The summed E-state index contributed by atoms with van der Waals surface area (Å²) >= 11 is 1.72. The lowest BCUT2D eigenvalue weighted by Gasteiger charge is -2.07. The molecule has 0 saturated heterocycles. The van der Waals surface area contributed by atoms with E-state index in [9.17, 15) is 0 Å². The summed E-state index contributed by atoms with van der Waals surface area (Å²) in [4.78, 5) is 11.6. The van der Waals surface area contributed by atoms with E-state index in [-0.39, 0.29) is 0 Å². The van der Waals surface area contributed by atoms with E-state index in [0.29, 0.717) is 26.2 Å². The number of thiophene rings is 1. The van der Waals surface area contributed by atoms with Crippen LogP contribution in [-0.4, -0.2) is 43.9 Å². The third-order valence-electron chi connectivity index (χ3n) is 3.21. The predicted molar refractivity (Wildman–Crippen MR) is 82.8 cm³/mol. The zero-order valence-corrected chi connectivity index (χ0v) is 13.3. The Balaban J connectivity index is 2.15. The van der Waals surface area contributed by atoms with Crippen LogP contribution in [0.5, 0.6) is 0 Å². The van der Waals surface area contributed by atoms with Crippen molar-refractivity contribution in [2.24, 2.45) is 0 Å². The summed E-state index contributed by atoms with van der Waals surface area (Å²) < 4.78 is 10.4. The van der Waals surface area contributed by atoms with Gasteiger partial charge in [0.25, 0.3) is 0 Å². The normalized spacial score (nSPS) is 11.2. The molecule has 2 rings (SSSR count). The highest BCUT2D eigenvalue weighted by atomic mass is 32.1. The molecule has 0 saturated carbocycles. The number of aromatic nitrogens is 2. The summed E-state index contributed by atoms with van der Waals surface area (Å²) in [6, 6.07) is 0. The quantitative estimate of drug-likeness (QED) is 0.796. The minimum Gasteiger partial charge on any atom is -0.382 e. The van der Waals surface area contributed by atoms with Crippen molar-refractivity contribution in [1.29, 1.82) is 0 Å². The SMILES string of the molecule is CNc1nc(CCOCCOC)nc2sc(C)c(C)c12. The number of aryl methyl sites for hydroxylation is 2. The molecule has 20 heavy (non-hydrogen) atoms. The molecule has 0 aromatic carbocycles. The number of ether oxygens (including phenoxy) is 2. The molecule has 0 aliphatic carbocycles. The summed E-state index contributed by atoms with van der Waals surface area (Å²) in [5.74, 6) is 1.73. The Morgan fingerprint density at radius 1 is 1.15 bits per heavy atom. The third-order valence-corrected chi connectivity index (χ3v) is 4.31. The molecule has 2 heterocycles. The van der Waals surface area contributed by atoms with E-state index < -0.39 is 0 Å². The Hall–Kier alpha value is -1.24. The first kappa shape index (κ1) is 15.2. The van der Waals surface area contributed by atoms with Crippen LogP contribution in [0.25, 0.3) is 10.2 Å². The Morgan fingerprint density at radius 2 is 1.95 bits per heavy atom. The largest absolute Gasteiger partial charge is 0.382 e. The van der Waals surface area contributed by atoms with E-state index in [2.05, 4.69) is 29.1 Å². The number of hydrogen-bond donors (Lipinski definition) is 1. The van der Waals surface area contributed by atoms with Crippen molar-refractivity contribution in [2.75, 3.05) is 39.3 Å². The van der Waals surface area contributed by atoms with Crippen molar-refractivity contribution in [3.8, 4) is 0 Å². The van der Waals surface area contributed by atoms with Crippen LogP contribution < -0.4 is 5.32 Å². The molecule has 2 aromatic heterocycles. The monoisotopic (exact) mass is 295 g/mol. The van der Waals surface area contributed by atoms with Crippen LogP contribution in [0.3, 0.4) is 0 Å². The van der Waals surface area contributed by atoms with Gasteiger partial charge in [0.15, 0.2) is 0 Å². The molecule has 0 unspecified atom stereocenters. The van der Waals surface area contributed by atoms with Crippen LogP contribution in [-0.2, 0) is 15.9 Å². The fraction of sp³-hybridized carbons (Fsp3) is 0.571. The summed E-state index contributed by atoms with van der Waals surface area (Å²) in [5, 5.41) is 4.31. The molecule has 0 radical (unpaired) electrons. The van der Waals surface area contributed by atoms with E-state index in [1.54, 1.807) is 18.4 Å². The third kappa shape index (κ3) is 3.26. The maximum atomic E-state index is 5.47. The molecule has 0 bridgehead atoms. The molecule has 0 spiro atoms. The van der Waals surface area contributed by atoms with Gasteiger partial charge in [0.2, 0.25) is 0 Å². The molecular formula is C14H21N3O2S. The highest BCUT2D eigenvalue weighted by Gasteiger charge is 2.13. The molecule has 0 aliphatic heterocycles. The second kappa shape index (κ2) is 6.97. The highest BCUT2D eigenvalue weighted by molar-refractivity contribution is 7.18. The second-order valence-electron chi connectivity index (χ2n) is 4.56. The van der Waals surface area contributed by atoms with Gasteiger partial charge in [-0.05, 0) is 19.4 Å². The summed E-state index contributed by atoms with van der Waals surface area (Å²) in [6.45, 7) is 6.07. The second-order valence-corrected chi connectivity index (χ2v) is 5.76. The topological polar surface area (TPSA) is 56.3 Å². The molecule has 0 atom stereocenters. The van der Waals surface area contributed by atoms with Gasteiger partial charge in [0, 0.05) is 25.5 Å². The van der Waals surface area contributed by atoms with Crippen LogP contribution in [0.2, 0.25) is 0 Å². The zero-order chi connectivity index (χ0) is 14.5. The average molecular weight is 295 g/mol. The van der Waals surface area contributed by atoms with Crippen molar-refractivity contribution in [1.82, 2.24) is 9.97 Å². The maximum Gasteiger partial charge on any atom is 0.138 e. The summed E-state index contributed by atoms with van der Waals surface area (Å²) in [7, 11) is 3.56. The first-order valence-corrected chi connectivity index (χ1v) is 7.50. The van der Waals surface area contributed by atoms with Gasteiger partial charge in [-0.15, -0.1) is 11.3 Å². The lowest BCUT2D eigenvalue weighted by atomic mass is 10.2. The lowest BCUT2D eigenvalue weighted by Crippen LogP contribution is -2.08. The van der Waals surface area contributed by atoms with Crippen molar-refractivity contribution < 1.29 is 9.47 Å². The predicted octanol–water partition coefficient (Wildman–Crippen LogP) is 2.56. The number of methoxy groups -OCH3 is 1. The Labute approximate surface area is 123 Å². The molecule has 6 heteroatoms. The van der Waals surface area contributed by atoms with Crippen molar-refractivity contribution in [2.45, 2.75) is 20.3 Å². The van der Waals surface area contributed by atoms with Crippen LogP contribution in [0.1, 0.15) is 16.3 Å². The number of nitrogens with one attached hydrogen (secondary N) is 1. The zero-order valence-electron chi connectivity index (χ0n) is 12.4. The minimum atomic E-state index is 0.606. The number of hydrogen-bond acceptors (Lipinski definition) is 6. The molecule has 0 fully saturated rings. The smallest absolute Gasteiger partial charge is 0.138 e. The van der Waals surface area contributed by atoms with Crippen LogP contribution in [0.15, 0.2) is 0 Å². The van der Waals surface area contributed by atoms with Crippen molar-refractivity contribution >= 4 is 27.4 Å². The first-order valence-electron chi connectivity index (χ1n) is 6.68. The van der Waals surface area contributed by atoms with Crippen LogP contribution >= 0.6 is 11.3 Å². The number of nitrogens with zero attached hydrogens (tertiary/aromatic N) is 2. The fourth-order valence-electron chi connectivity index (χ4n) is 1.99. The summed E-state index contributed by atoms with van der Waals surface area (Å²) in [6.07, 6.45) is 0.713. The van der Waals surface area contributed by atoms with E-state index in [4.69, 9.17) is 9.47 Å². The van der Waals surface area contributed by atoms with Gasteiger partial charge in [-0.3, -0.25) is 0 Å². The van der Waals surface area contributed by atoms with E-state index in [1.807, 2.05) is 7.05 Å². The van der Waals surface area contributed by atoms with Crippen molar-refractivity contribution in [3.05, 3.63) is 16.3 Å². The molecule has 5 nitrogen and oxygen atoms in total. The fourth-order valence-corrected chi connectivity index (χ4v) is 3.04. The molecule has 1 N–H and O–H groups in total. The van der Waals surface area contributed by atoms with Gasteiger partial charge in [-0.25, -0.2) is 9.97 Å². The molecular weight excluding hydrogens is 274 g/mol. The standard InChI is InChI=1S/C14H21N3O2S/c1-9-10(2)20-14-12(9)13(15-3)16-11(17-14)5-6-19-8-7-18-4/h5-8H2,1-4H3,(H,15,16,17).